The molecule has 174 valence electrons. The van der Waals surface area contributed by atoms with Crippen molar-refractivity contribution in [2.75, 3.05) is 12.8 Å². The maximum Gasteiger partial charge on any atom is 0.292 e. The van der Waals surface area contributed by atoms with Crippen molar-refractivity contribution >= 4 is 29.5 Å². The van der Waals surface area contributed by atoms with Crippen molar-refractivity contribution in [2.45, 2.75) is 13.5 Å². The zero-order chi connectivity index (χ0) is 24.1. The first-order chi connectivity index (χ1) is 16.5. The number of rotatable bonds is 8. The highest BCUT2D eigenvalue weighted by Crippen LogP contribution is 2.31. The van der Waals surface area contributed by atoms with E-state index in [0.29, 0.717) is 27.8 Å². The first kappa shape index (κ1) is 22.7. The molecule has 4 aromatic rings. The molecule has 0 atom stereocenters. The lowest BCUT2D eigenvalue weighted by molar-refractivity contribution is 0.0946. The fourth-order valence-electron chi connectivity index (χ4n) is 3.03. The Balaban J connectivity index is 1.54. The molecule has 0 radical (unpaired) electrons. The number of hydrogen-bond acceptors (Lipinski definition) is 10. The van der Waals surface area contributed by atoms with Gasteiger partial charge >= 0.3 is 0 Å². The average molecular weight is 483 g/mol. The molecule has 0 aliphatic carbocycles. The van der Waals surface area contributed by atoms with Gasteiger partial charge in [0, 0.05) is 16.1 Å². The van der Waals surface area contributed by atoms with Gasteiger partial charge in [-0.2, -0.15) is 9.78 Å². The van der Waals surface area contributed by atoms with Crippen LogP contribution >= 0.6 is 11.6 Å². The molecule has 2 aromatic heterocycles. The zero-order valence-electron chi connectivity index (χ0n) is 18.1. The van der Waals surface area contributed by atoms with Crippen LogP contribution in [0.5, 0.6) is 11.5 Å². The molecule has 12 nitrogen and oxygen atoms in total. The number of hydrazone groups is 1. The Bertz CT molecular complexity index is 1350. The van der Waals surface area contributed by atoms with E-state index < -0.39 is 5.91 Å². The number of ether oxygens (including phenoxy) is 2. The minimum Gasteiger partial charge on any atom is -0.493 e. The highest BCUT2D eigenvalue weighted by molar-refractivity contribution is 6.31. The average Bonchev–Trinajstić information content (AvgIpc) is 3.43. The molecule has 0 saturated carbocycles. The second-order valence-electron chi connectivity index (χ2n) is 6.87. The molecule has 2 heterocycles. The Hall–Kier alpha value is -4.45. The summed E-state index contributed by atoms with van der Waals surface area (Å²) in [4.78, 5) is 12.8. The molecule has 0 fully saturated rings. The van der Waals surface area contributed by atoms with E-state index in [1.54, 1.807) is 31.2 Å². The molecule has 0 saturated heterocycles. The summed E-state index contributed by atoms with van der Waals surface area (Å²) in [6.07, 6.45) is 1.43. The summed E-state index contributed by atoms with van der Waals surface area (Å²) in [5, 5.41) is 19.5. The third-order valence-corrected chi connectivity index (χ3v) is 5.05. The van der Waals surface area contributed by atoms with Gasteiger partial charge in [-0.1, -0.05) is 41.1 Å². The third-order valence-electron chi connectivity index (χ3n) is 4.68. The highest BCUT2D eigenvalue weighted by Gasteiger charge is 2.22. The van der Waals surface area contributed by atoms with Gasteiger partial charge in [-0.25, -0.2) is 10.1 Å². The normalized spacial score (nSPS) is 11.0. The van der Waals surface area contributed by atoms with E-state index in [-0.39, 0.29) is 23.9 Å². The highest BCUT2D eigenvalue weighted by atomic mass is 35.5. The van der Waals surface area contributed by atoms with Crippen molar-refractivity contribution in [1.29, 1.82) is 0 Å². The molecule has 13 heteroatoms. The van der Waals surface area contributed by atoms with E-state index in [2.05, 4.69) is 35.8 Å². The zero-order valence-corrected chi connectivity index (χ0v) is 18.9. The van der Waals surface area contributed by atoms with Crippen LogP contribution in [0.2, 0.25) is 5.02 Å². The second kappa shape index (κ2) is 10.0. The monoisotopic (exact) mass is 482 g/mol. The maximum atomic E-state index is 12.8. The van der Waals surface area contributed by atoms with Crippen LogP contribution in [-0.2, 0) is 6.61 Å². The number of aryl methyl sites for hydroxylation is 1. The Kier molecular flexibility index (Phi) is 6.69. The van der Waals surface area contributed by atoms with Crippen LogP contribution < -0.4 is 20.6 Å². The number of nitrogen functional groups attached to an aromatic ring is 1. The molecule has 0 unspecified atom stereocenters. The number of anilines is 1. The number of carbonyl (C=O) groups is 1. The number of nitrogens with two attached hydrogens (primary N) is 1. The number of methoxy groups -OCH3 is 1. The Morgan fingerprint density at radius 1 is 1.26 bits per heavy atom. The number of nitrogens with zero attached hydrogens (tertiary/aromatic N) is 6. The van der Waals surface area contributed by atoms with E-state index >= 15 is 0 Å². The van der Waals surface area contributed by atoms with Crippen molar-refractivity contribution in [3.8, 4) is 17.3 Å². The first-order valence-electron chi connectivity index (χ1n) is 9.87. The summed E-state index contributed by atoms with van der Waals surface area (Å²) >= 11 is 6.22. The van der Waals surface area contributed by atoms with Crippen LogP contribution in [0.3, 0.4) is 0 Å². The van der Waals surface area contributed by atoms with E-state index in [1.165, 1.54) is 13.3 Å². The van der Waals surface area contributed by atoms with E-state index in [1.807, 2.05) is 18.2 Å². The molecule has 0 aliphatic heterocycles. The van der Waals surface area contributed by atoms with Crippen LogP contribution in [0, 0.1) is 6.92 Å². The summed E-state index contributed by atoms with van der Waals surface area (Å²) in [5.74, 6) is 0.334. The van der Waals surface area contributed by atoms with Crippen molar-refractivity contribution in [1.82, 2.24) is 30.7 Å². The second-order valence-corrected chi connectivity index (χ2v) is 7.27. The molecule has 0 aliphatic rings. The summed E-state index contributed by atoms with van der Waals surface area (Å²) in [6.45, 7) is 1.82. The standard InChI is InChI=1S/C21H19ClN8O4/c1-12-17(30(29-25-12)20-19(23)27-34-28-20)21(31)26-24-10-13-7-5-9-16(32-2)18(13)33-11-14-6-3-4-8-15(14)22/h3-10H,11H2,1-2H3,(H2,23,27)(H,26,31)/b24-10+. The van der Waals surface area contributed by atoms with Gasteiger partial charge in [0.15, 0.2) is 17.2 Å². The lowest BCUT2D eigenvalue weighted by atomic mass is 10.2. The van der Waals surface area contributed by atoms with E-state index in [4.69, 9.17) is 26.8 Å². The molecule has 2 aromatic carbocycles. The minimum atomic E-state index is -0.595. The van der Waals surface area contributed by atoms with Crippen molar-refractivity contribution in [3.05, 3.63) is 70.0 Å². The molecule has 34 heavy (non-hydrogen) atoms. The topological polar surface area (TPSA) is 156 Å². The van der Waals surface area contributed by atoms with Gasteiger partial charge in [0.1, 0.15) is 6.61 Å². The summed E-state index contributed by atoms with van der Waals surface area (Å²) in [7, 11) is 1.53. The predicted octanol–water partition coefficient (Wildman–Crippen LogP) is 2.55. The predicted molar refractivity (Wildman–Crippen MR) is 122 cm³/mol. The van der Waals surface area contributed by atoms with Gasteiger partial charge < -0.3 is 15.2 Å². The number of hydrogen-bond donors (Lipinski definition) is 2. The van der Waals surface area contributed by atoms with Gasteiger partial charge in [0.2, 0.25) is 11.6 Å². The number of benzene rings is 2. The smallest absolute Gasteiger partial charge is 0.292 e. The van der Waals surface area contributed by atoms with Crippen LogP contribution in [-0.4, -0.2) is 44.5 Å². The molecule has 4 rings (SSSR count). The number of carbonyl (C=O) groups excluding carboxylic acids is 1. The third kappa shape index (κ3) is 4.66. The quantitative estimate of drug-likeness (QED) is 0.284. The molecular weight excluding hydrogens is 464 g/mol. The molecule has 1 amide bonds. The number of para-hydroxylation sites is 1. The lowest BCUT2D eigenvalue weighted by Crippen LogP contribution is -2.23. The number of halogens is 1. The Morgan fingerprint density at radius 2 is 2.09 bits per heavy atom. The van der Waals surface area contributed by atoms with E-state index in [9.17, 15) is 4.79 Å². The Labute approximate surface area is 198 Å². The number of aromatic nitrogens is 5. The van der Waals surface area contributed by atoms with Gasteiger partial charge in [-0.15, -0.1) is 5.10 Å². The van der Waals surface area contributed by atoms with Crippen molar-refractivity contribution < 1.29 is 18.9 Å². The van der Waals surface area contributed by atoms with Gasteiger partial charge in [-0.3, -0.25) is 4.79 Å². The number of amides is 1. The number of nitrogens with one attached hydrogen (secondary N) is 1. The van der Waals surface area contributed by atoms with Gasteiger partial charge in [-0.05, 0) is 35.4 Å². The lowest BCUT2D eigenvalue weighted by Gasteiger charge is -2.13. The largest absolute Gasteiger partial charge is 0.493 e. The van der Waals surface area contributed by atoms with Crippen molar-refractivity contribution in [2.24, 2.45) is 5.10 Å². The fourth-order valence-corrected chi connectivity index (χ4v) is 3.22. The fraction of sp³-hybridized carbons (Fsp3) is 0.143. The maximum absolute atomic E-state index is 12.8. The van der Waals surface area contributed by atoms with Crippen LogP contribution in [0.4, 0.5) is 5.82 Å². The molecule has 0 bridgehead atoms. The van der Waals surface area contributed by atoms with Crippen LogP contribution in [0.15, 0.2) is 52.2 Å². The molecular formula is C21H19ClN8O4. The summed E-state index contributed by atoms with van der Waals surface area (Å²) < 4.78 is 17.1. The summed E-state index contributed by atoms with van der Waals surface area (Å²) in [6, 6.07) is 12.6. The van der Waals surface area contributed by atoms with Crippen molar-refractivity contribution in [3.63, 3.8) is 0 Å². The van der Waals surface area contributed by atoms with Crippen LogP contribution in [0.25, 0.3) is 5.82 Å². The molecule has 0 spiro atoms. The van der Waals surface area contributed by atoms with Crippen LogP contribution in [0.1, 0.15) is 27.3 Å². The Morgan fingerprint density at radius 3 is 2.82 bits per heavy atom. The van der Waals surface area contributed by atoms with Gasteiger partial charge in [0.25, 0.3) is 5.91 Å². The first-order valence-corrected chi connectivity index (χ1v) is 10.2. The minimum absolute atomic E-state index is 0.0396. The summed E-state index contributed by atoms with van der Waals surface area (Å²) in [5.41, 5.74) is 9.92. The van der Waals surface area contributed by atoms with Gasteiger partial charge in [0.05, 0.1) is 19.0 Å². The van der Waals surface area contributed by atoms with E-state index in [0.717, 1.165) is 10.2 Å². The SMILES string of the molecule is COc1cccc(/C=N/NC(=O)c2c(C)nnn2-c2nonc2N)c1OCc1ccccc1Cl. The molecule has 3 N–H and O–H groups in total.